The van der Waals surface area contributed by atoms with Crippen LogP contribution in [0.4, 0.5) is 15.8 Å². The molecule has 0 bridgehead atoms. The van der Waals surface area contributed by atoms with Crippen molar-refractivity contribution in [1.82, 2.24) is 0 Å². The first-order chi connectivity index (χ1) is 10.1. The number of halogens is 2. The number of hydrogen-bond donors (Lipinski definition) is 2. The highest BCUT2D eigenvalue weighted by molar-refractivity contribution is 6.33. The van der Waals surface area contributed by atoms with Gasteiger partial charge in [-0.25, -0.2) is 4.39 Å². The van der Waals surface area contributed by atoms with Gasteiger partial charge in [0.25, 0.3) is 0 Å². The van der Waals surface area contributed by atoms with Gasteiger partial charge in [-0.3, -0.25) is 4.79 Å². The Morgan fingerprint density at radius 2 is 2.10 bits per heavy atom. The maximum Gasteiger partial charge on any atom is 0.229 e. The largest absolute Gasteiger partial charge is 0.384 e. The highest BCUT2D eigenvalue weighted by atomic mass is 35.5. The van der Waals surface area contributed by atoms with Crippen molar-refractivity contribution in [1.29, 1.82) is 0 Å². The third-order valence-corrected chi connectivity index (χ3v) is 3.90. The van der Waals surface area contributed by atoms with E-state index < -0.39 is 5.82 Å². The molecule has 1 amide bonds. The first-order valence-electron chi connectivity index (χ1n) is 6.71. The molecule has 1 aliphatic rings. The number of amides is 1. The number of carbonyl (C=O) groups is 1. The van der Waals surface area contributed by atoms with Crippen LogP contribution in [-0.2, 0) is 11.2 Å². The van der Waals surface area contributed by atoms with Crippen molar-refractivity contribution < 1.29 is 9.18 Å². The third kappa shape index (κ3) is 3.00. The lowest BCUT2D eigenvalue weighted by atomic mass is 9.93. The molecule has 1 unspecified atom stereocenters. The van der Waals surface area contributed by atoms with Crippen molar-refractivity contribution in [2.24, 2.45) is 5.92 Å². The smallest absolute Gasteiger partial charge is 0.229 e. The second kappa shape index (κ2) is 5.74. The van der Waals surface area contributed by atoms with Crippen LogP contribution in [0, 0.1) is 11.7 Å². The van der Waals surface area contributed by atoms with E-state index >= 15 is 0 Å². The normalized spacial score (nSPS) is 16.8. The van der Waals surface area contributed by atoms with E-state index in [1.807, 2.05) is 24.3 Å². The van der Waals surface area contributed by atoms with Gasteiger partial charge in [0.2, 0.25) is 5.91 Å². The van der Waals surface area contributed by atoms with Crippen LogP contribution in [0.5, 0.6) is 0 Å². The van der Waals surface area contributed by atoms with Crippen LogP contribution in [-0.4, -0.2) is 12.5 Å². The fourth-order valence-corrected chi connectivity index (χ4v) is 2.67. The van der Waals surface area contributed by atoms with Gasteiger partial charge in [0.15, 0.2) is 0 Å². The summed E-state index contributed by atoms with van der Waals surface area (Å²) >= 11 is 5.92. The molecule has 2 N–H and O–H groups in total. The fraction of sp³-hybridized carbons (Fsp3) is 0.188. The lowest BCUT2D eigenvalue weighted by Gasteiger charge is -2.25. The van der Waals surface area contributed by atoms with E-state index in [4.69, 9.17) is 11.6 Å². The van der Waals surface area contributed by atoms with Crippen LogP contribution in [0.25, 0.3) is 0 Å². The van der Waals surface area contributed by atoms with Crippen molar-refractivity contribution in [2.45, 2.75) is 6.42 Å². The maximum absolute atomic E-state index is 13.0. The molecule has 2 aromatic rings. The number of rotatable bonds is 2. The average Bonchev–Trinajstić information content (AvgIpc) is 2.49. The van der Waals surface area contributed by atoms with Gasteiger partial charge in [-0.2, -0.15) is 0 Å². The first kappa shape index (κ1) is 13.9. The molecular formula is C16H14ClFN2O. The minimum absolute atomic E-state index is 0.120. The summed E-state index contributed by atoms with van der Waals surface area (Å²) in [7, 11) is 0. The lowest BCUT2D eigenvalue weighted by Crippen LogP contribution is -2.33. The zero-order valence-electron chi connectivity index (χ0n) is 11.2. The van der Waals surface area contributed by atoms with E-state index in [1.165, 1.54) is 18.2 Å². The Balaban J connectivity index is 1.72. The van der Waals surface area contributed by atoms with Crippen LogP contribution >= 0.6 is 11.6 Å². The van der Waals surface area contributed by atoms with Gasteiger partial charge in [0.1, 0.15) is 5.82 Å². The van der Waals surface area contributed by atoms with Crippen molar-refractivity contribution in [3.05, 3.63) is 58.9 Å². The molecule has 0 saturated heterocycles. The van der Waals surface area contributed by atoms with Crippen LogP contribution in [0.3, 0.4) is 0 Å². The number of carbonyl (C=O) groups excluding carboxylic acids is 1. The second-order valence-electron chi connectivity index (χ2n) is 5.05. The number of para-hydroxylation sites is 1. The summed E-state index contributed by atoms with van der Waals surface area (Å²) in [4.78, 5) is 12.3. The quantitative estimate of drug-likeness (QED) is 0.888. The van der Waals surface area contributed by atoms with Gasteiger partial charge in [-0.1, -0.05) is 29.8 Å². The van der Waals surface area contributed by atoms with Crippen LogP contribution < -0.4 is 10.6 Å². The summed E-state index contributed by atoms with van der Waals surface area (Å²) in [6.07, 6.45) is 0.674. The zero-order chi connectivity index (χ0) is 14.8. The maximum atomic E-state index is 13.0. The summed E-state index contributed by atoms with van der Waals surface area (Å²) in [5.41, 5.74) is 2.62. The minimum Gasteiger partial charge on any atom is -0.384 e. The standard InChI is InChI=1S/C16H14ClFN2O/c17-13-8-12(18)5-6-15(13)20-16(21)11-7-10-3-1-2-4-14(10)19-9-11/h1-6,8,11,19H,7,9H2,(H,20,21). The topological polar surface area (TPSA) is 41.1 Å². The predicted octanol–water partition coefficient (Wildman–Crippen LogP) is 3.70. The summed E-state index contributed by atoms with van der Waals surface area (Å²) in [5, 5.41) is 6.21. The van der Waals surface area contributed by atoms with Gasteiger partial charge in [-0.15, -0.1) is 0 Å². The van der Waals surface area contributed by atoms with Crippen LogP contribution in [0.2, 0.25) is 5.02 Å². The van der Waals surface area contributed by atoms with Crippen molar-refractivity contribution in [2.75, 3.05) is 17.2 Å². The Morgan fingerprint density at radius 3 is 2.90 bits per heavy atom. The van der Waals surface area contributed by atoms with Gasteiger partial charge >= 0.3 is 0 Å². The number of anilines is 2. The first-order valence-corrected chi connectivity index (χ1v) is 7.09. The molecule has 0 spiro atoms. The fourth-order valence-electron chi connectivity index (χ4n) is 2.45. The summed E-state index contributed by atoms with van der Waals surface area (Å²) < 4.78 is 13.0. The zero-order valence-corrected chi connectivity index (χ0v) is 12.0. The molecule has 0 aromatic heterocycles. The average molecular weight is 305 g/mol. The number of nitrogens with one attached hydrogen (secondary N) is 2. The highest BCUT2D eigenvalue weighted by Crippen LogP contribution is 2.27. The minimum atomic E-state index is -0.425. The van der Waals surface area contributed by atoms with E-state index in [2.05, 4.69) is 10.6 Å². The molecule has 0 aliphatic carbocycles. The monoisotopic (exact) mass is 304 g/mol. The molecule has 21 heavy (non-hydrogen) atoms. The van der Waals surface area contributed by atoms with Gasteiger partial charge < -0.3 is 10.6 Å². The second-order valence-corrected chi connectivity index (χ2v) is 5.46. The van der Waals surface area contributed by atoms with Gasteiger partial charge in [-0.05, 0) is 36.2 Å². The van der Waals surface area contributed by atoms with Crippen molar-refractivity contribution in [3.8, 4) is 0 Å². The number of benzene rings is 2. The SMILES string of the molecule is O=C(Nc1ccc(F)cc1Cl)C1CNc2ccccc2C1. The molecule has 1 heterocycles. The van der Waals surface area contributed by atoms with Crippen LogP contribution in [0.15, 0.2) is 42.5 Å². The third-order valence-electron chi connectivity index (χ3n) is 3.58. The Labute approximate surface area is 127 Å². The Bertz CT molecular complexity index is 690. The summed E-state index contributed by atoms with van der Waals surface area (Å²) in [6.45, 7) is 0.571. The molecule has 1 aliphatic heterocycles. The number of hydrogen-bond acceptors (Lipinski definition) is 2. The highest BCUT2D eigenvalue weighted by Gasteiger charge is 2.24. The van der Waals surface area contributed by atoms with E-state index in [0.29, 0.717) is 18.7 Å². The molecule has 3 nitrogen and oxygen atoms in total. The molecule has 1 atom stereocenters. The van der Waals surface area contributed by atoms with Crippen LogP contribution in [0.1, 0.15) is 5.56 Å². The van der Waals surface area contributed by atoms with E-state index in [9.17, 15) is 9.18 Å². The summed E-state index contributed by atoms with van der Waals surface area (Å²) in [5.74, 6) is -0.724. The van der Waals surface area contributed by atoms with Gasteiger partial charge in [0, 0.05) is 12.2 Å². The van der Waals surface area contributed by atoms with Gasteiger partial charge in [0.05, 0.1) is 16.6 Å². The Morgan fingerprint density at radius 1 is 1.29 bits per heavy atom. The van der Waals surface area contributed by atoms with Crippen molar-refractivity contribution in [3.63, 3.8) is 0 Å². The summed E-state index contributed by atoms with van der Waals surface area (Å²) in [6, 6.07) is 11.9. The molecular weight excluding hydrogens is 291 g/mol. The molecule has 5 heteroatoms. The molecule has 0 fully saturated rings. The molecule has 3 rings (SSSR count). The van der Waals surface area contributed by atoms with E-state index in [0.717, 1.165) is 11.3 Å². The Kier molecular flexibility index (Phi) is 3.80. The lowest BCUT2D eigenvalue weighted by molar-refractivity contribution is -0.119. The van der Waals surface area contributed by atoms with E-state index in [-0.39, 0.29) is 16.8 Å². The van der Waals surface area contributed by atoms with Crippen molar-refractivity contribution >= 4 is 28.9 Å². The molecule has 0 radical (unpaired) electrons. The molecule has 108 valence electrons. The van der Waals surface area contributed by atoms with E-state index in [1.54, 1.807) is 0 Å². The number of fused-ring (bicyclic) bond motifs is 1. The Hall–Kier alpha value is -2.07. The molecule has 0 saturated carbocycles. The predicted molar refractivity (Wildman–Crippen MR) is 82.2 cm³/mol. The molecule has 2 aromatic carbocycles.